The van der Waals surface area contributed by atoms with Gasteiger partial charge in [-0.2, -0.15) is 0 Å². The second-order valence-electron chi connectivity index (χ2n) is 6.20. The van der Waals surface area contributed by atoms with Crippen molar-refractivity contribution in [1.29, 1.82) is 0 Å². The molecule has 2 aliphatic rings. The average Bonchev–Trinajstić information content (AvgIpc) is 2.38. The summed E-state index contributed by atoms with van der Waals surface area (Å²) in [6.07, 6.45) is 10.8. The molecule has 0 bridgehead atoms. The van der Waals surface area contributed by atoms with Gasteiger partial charge in [-0.3, -0.25) is 0 Å². The lowest BCUT2D eigenvalue weighted by Crippen LogP contribution is -2.53. The highest BCUT2D eigenvalue weighted by molar-refractivity contribution is 6.17. The molecule has 1 N–H and O–H groups in total. The molecule has 0 aromatic heterocycles. The summed E-state index contributed by atoms with van der Waals surface area (Å²) in [6.45, 7) is 3.45. The molecular formula is C15H28ClNO. The van der Waals surface area contributed by atoms with Crippen LogP contribution in [0.15, 0.2) is 0 Å². The van der Waals surface area contributed by atoms with Gasteiger partial charge in [-0.1, -0.05) is 25.7 Å². The normalized spacial score (nSPS) is 33.3. The van der Waals surface area contributed by atoms with Gasteiger partial charge in [-0.15, -0.1) is 11.6 Å². The van der Waals surface area contributed by atoms with Crippen molar-refractivity contribution < 1.29 is 5.11 Å². The van der Waals surface area contributed by atoms with Gasteiger partial charge >= 0.3 is 0 Å². The number of rotatable bonds is 6. The van der Waals surface area contributed by atoms with Crippen molar-refractivity contribution in [1.82, 2.24) is 4.90 Å². The van der Waals surface area contributed by atoms with E-state index in [4.69, 9.17) is 11.6 Å². The third-order valence-electron chi connectivity index (χ3n) is 4.87. The van der Waals surface area contributed by atoms with Crippen molar-refractivity contribution in [2.45, 2.75) is 63.4 Å². The highest BCUT2D eigenvalue weighted by Crippen LogP contribution is 2.39. The number of alkyl halides is 1. The van der Waals surface area contributed by atoms with E-state index in [0.717, 1.165) is 38.2 Å². The van der Waals surface area contributed by atoms with E-state index in [0.29, 0.717) is 5.92 Å². The van der Waals surface area contributed by atoms with Gasteiger partial charge in [-0.05, 0) is 38.6 Å². The van der Waals surface area contributed by atoms with E-state index in [-0.39, 0.29) is 5.60 Å². The second kappa shape index (κ2) is 7.12. The number of halogens is 1. The molecule has 2 nitrogen and oxygen atoms in total. The molecular weight excluding hydrogens is 246 g/mol. The molecule has 18 heavy (non-hydrogen) atoms. The third-order valence-corrected chi connectivity index (χ3v) is 5.14. The van der Waals surface area contributed by atoms with Gasteiger partial charge in [0.1, 0.15) is 0 Å². The predicted octanol–water partition coefficient (Wildman–Crippen LogP) is 3.41. The minimum atomic E-state index is -0.312. The Morgan fingerprint density at radius 1 is 1.11 bits per heavy atom. The molecule has 106 valence electrons. The van der Waals surface area contributed by atoms with Crippen LogP contribution in [0.25, 0.3) is 0 Å². The van der Waals surface area contributed by atoms with Crippen LogP contribution in [0.3, 0.4) is 0 Å². The summed E-state index contributed by atoms with van der Waals surface area (Å²) in [5, 5.41) is 10.6. The molecule has 1 aliphatic heterocycles. The fourth-order valence-electron chi connectivity index (χ4n) is 3.63. The number of piperidine rings is 1. The van der Waals surface area contributed by atoms with E-state index in [2.05, 4.69) is 4.90 Å². The number of aliphatic hydroxyl groups is 1. The zero-order valence-corrected chi connectivity index (χ0v) is 12.3. The minimum absolute atomic E-state index is 0.312. The Hall–Kier alpha value is 0.210. The standard InChI is InChI=1S/C15H28ClNO/c16-10-5-1-2-6-11-17-12-9-15(18)8-4-3-7-14(15)13-17/h14,18H,1-13H2. The van der Waals surface area contributed by atoms with E-state index in [1.54, 1.807) is 0 Å². The zero-order chi connectivity index (χ0) is 12.8. The first-order valence-corrected chi connectivity index (χ1v) is 8.29. The van der Waals surface area contributed by atoms with Crippen molar-refractivity contribution in [2.75, 3.05) is 25.5 Å². The Bertz CT molecular complexity index is 249. The monoisotopic (exact) mass is 273 g/mol. The van der Waals surface area contributed by atoms with E-state index in [1.807, 2.05) is 0 Å². The minimum Gasteiger partial charge on any atom is -0.390 e. The van der Waals surface area contributed by atoms with Crippen molar-refractivity contribution in [3.63, 3.8) is 0 Å². The number of nitrogens with zero attached hydrogens (tertiary/aromatic N) is 1. The van der Waals surface area contributed by atoms with Gasteiger partial charge in [0.05, 0.1) is 5.60 Å². The first-order chi connectivity index (χ1) is 8.74. The Balaban J connectivity index is 1.67. The van der Waals surface area contributed by atoms with Gasteiger partial charge in [0, 0.05) is 24.9 Å². The molecule has 0 amide bonds. The van der Waals surface area contributed by atoms with Crippen molar-refractivity contribution in [2.24, 2.45) is 5.92 Å². The molecule has 0 radical (unpaired) electrons. The molecule has 2 unspecified atom stereocenters. The summed E-state index contributed by atoms with van der Waals surface area (Å²) in [5.74, 6) is 1.35. The van der Waals surface area contributed by atoms with Crippen molar-refractivity contribution >= 4 is 11.6 Å². The summed E-state index contributed by atoms with van der Waals surface area (Å²) in [5.41, 5.74) is -0.312. The molecule has 2 fully saturated rings. The lowest BCUT2D eigenvalue weighted by Gasteiger charge is -2.47. The largest absolute Gasteiger partial charge is 0.390 e. The molecule has 0 spiro atoms. The Morgan fingerprint density at radius 2 is 1.94 bits per heavy atom. The van der Waals surface area contributed by atoms with E-state index >= 15 is 0 Å². The van der Waals surface area contributed by atoms with Gasteiger partial charge in [-0.25, -0.2) is 0 Å². The Morgan fingerprint density at radius 3 is 2.78 bits per heavy atom. The maximum Gasteiger partial charge on any atom is 0.0700 e. The predicted molar refractivity (Wildman–Crippen MR) is 77.2 cm³/mol. The molecule has 2 atom stereocenters. The van der Waals surface area contributed by atoms with Crippen LogP contribution in [0, 0.1) is 5.92 Å². The Labute approximate surface area is 117 Å². The first kappa shape index (κ1) is 14.6. The van der Waals surface area contributed by atoms with Crippen LogP contribution < -0.4 is 0 Å². The summed E-state index contributed by atoms with van der Waals surface area (Å²) in [7, 11) is 0. The SMILES string of the molecule is OC12CCCCC1CN(CCCCCCCl)CC2. The fraction of sp³-hybridized carbons (Fsp3) is 1.00. The maximum absolute atomic E-state index is 10.6. The lowest BCUT2D eigenvalue weighted by atomic mass is 9.71. The van der Waals surface area contributed by atoms with Gasteiger partial charge < -0.3 is 10.0 Å². The molecule has 1 saturated carbocycles. The zero-order valence-electron chi connectivity index (χ0n) is 11.5. The molecule has 1 heterocycles. The number of likely N-dealkylation sites (tertiary alicyclic amines) is 1. The van der Waals surface area contributed by atoms with Crippen LogP contribution >= 0.6 is 11.6 Å². The molecule has 0 aromatic carbocycles. The number of unbranched alkanes of at least 4 members (excludes halogenated alkanes) is 3. The quantitative estimate of drug-likeness (QED) is 0.592. The van der Waals surface area contributed by atoms with Crippen molar-refractivity contribution in [3.05, 3.63) is 0 Å². The average molecular weight is 274 g/mol. The van der Waals surface area contributed by atoms with Gasteiger partial charge in [0.25, 0.3) is 0 Å². The van der Waals surface area contributed by atoms with Crippen LogP contribution in [-0.2, 0) is 0 Å². The highest BCUT2D eigenvalue weighted by atomic mass is 35.5. The van der Waals surface area contributed by atoms with Gasteiger partial charge in [0.15, 0.2) is 0 Å². The first-order valence-electron chi connectivity index (χ1n) is 7.75. The highest BCUT2D eigenvalue weighted by Gasteiger charge is 2.42. The number of fused-ring (bicyclic) bond motifs is 1. The molecule has 1 aliphatic carbocycles. The summed E-state index contributed by atoms with van der Waals surface area (Å²) in [6, 6.07) is 0. The fourth-order valence-corrected chi connectivity index (χ4v) is 3.82. The van der Waals surface area contributed by atoms with Crippen LogP contribution in [-0.4, -0.2) is 41.1 Å². The van der Waals surface area contributed by atoms with Crippen LogP contribution in [0.1, 0.15) is 57.8 Å². The lowest BCUT2D eigenvalue weighted by molar-refractivity contribution is -0.0953. The van der Waals surface area contributed by atoms with Gasteiger partial charge in [0.2, 0.25) is 0 Å². The molecule has 3 heteroatoms. The van der Waals surface area contributed by atoms with Crippen LogP contribution in [0.2, 0.25) is 0 Å². The topological polar surface area (TPSA) is 23.5 Å². The summed E-state index contributed by atoms with van der Waals surface area (Å²) < 4.78 is 0. The second-order valence-corrected chi connectivity index (χ2v) is 6.58. The van der Waals surface area contributed by atoms with E-state index in [9.17, 15) is 5.11 Å². The smallest absolute Gasteiger partial charge is 0.0700 e. The van der Waals surface area contributed by atoms with Crippen LogP contribution in [0.5, 0.6) is 0 Å². The summed E-state index contributed by atoms with van der Waals surface area (Å²) in [4.78, 5) is 2.57. The summed E-state index contributed by atoms with van der Waals surface area (Å²) >= 11 is 5.68. The Kier molecular flexibility index (Phi) is 5.78. The molecule has 0 aromatic rings. The van der Waals surface area contributed by atoms with E-state index in [1.165, 1.54) is 45.1 Å². The number of hydrogen-bond donors (Lipinski definition) is 1. The molecule has 2 rings (SSSR count). The van der Waals surface area contributed by atoms with Crippen molar-refractivity contribution in [3.8, 4) is 0 Å². The van der Waals surface area contributed by atoms with Crippen LogP contribution in [0.4, 0.5) is 0 Å². The maximum atomic E-state index is 10.6. The van der Waals surface area contributed by atoms with E-state index < -0.39 is 0 Å². The molecule has 1 saturated heterocycles. The third kappa shape index (κ3) is 3.85. The number of hydrogen-bond acceptors (Lipinski definition) is 2.